The van der Waals surface area contributed by atoms with E-state index in [2.05, 4.69) is 20.3 Å². The second-order valence-electron chi connectivity index (χ2n) is 6.56. The summed E-state index contributed by atoms with van der Waals surface area (Å²) in [6.45, 7) is 8.46. The van der Waals surface area contributed by atoms with Gasteiger partial charge >= 0.3 is 0 Å². The van der Waals surface area contributed by atoms with E-state index in [1.165, 1.54) is 0 Å². The Morgan fingerprint density at radius 3 is 2.43 bits per heavy atom. The van der Waals surface area contributed by atoms with E-state index in [9.17, 15) is 8.42 Å². The number of hydrogen-bond acceptors (Lipinski definition) is 4. The minimum Gasteiger partial charge on any atom is -0.382 e. The van der Waals surface area contributed by atoms with Crippen molar-refractivity contribution in [3.63, 3.8) is 0 Å². The second-order valence-corrected chi connectivity index (χ2v) is 8.31. The molecule has 0 radical (unpaired) electrons. The van der Waals surface area contributed by atoms with Crippen molar-refractivity contribution in [1.29, 1.82) is 0 Å². The summed E-state index contributed by atoms with van der Waals surface area (Å²) in [6.07, 6.45) is 2.00. The van der Waals surface area contributed by atoms with Gasteiger partial charge in [0.2, 0.25) is 10.0 Å². The predicted molar refractivity (Wildman–Crippen MR) is 127 cm³/mol. The van der Waals surface area contributed by atoms with Crippen LogP contribution in [0.3, 0.4) is 0 Å². The largest absolute Gasteiger partial charge is 0.382 e. The fourth-order valence-electron chi connectivity index (χ4n) is 2.56. The molecule has 0 aliphatic heterocycles. The molecule has 0 saturated carbocycles. The molecule has 7 nitrogen and oxygen atoms in total. The zero-order chi connectivity index (χ0) is 20.1. The van der Waals surface area contributed by atoms with Crippen LogP contribution in [-0.4, -0.2) is 47.2 Å². The normalized spacial score (nSPS) is 12.0. The van der Waals surface area contributed by atoms with Crippen molar-refractivity contribution in [1.82, 2.24) is 15.4 Å². The number of nitrogens with one attached hydrogen (secondary N) is 3. The number of hydrogen-bond donors (Lipinski definition) is 3. The van der Waals surface area contributed by atoms with E-state index in [1.54, 1.807) is 7.05 Å². The van der Waals surface area contributed by atoms with E-state index >= 15 is 0 Å². The highest BCUT2D eigenvalue weighted by Gasteiger charge is 2.15. The minimum atomic E-state index is -3.36. The first-order valence-electron chi connectivity index (χ1n) is 9.47. The summed E-state index contributed by atoms with van der Waals surface area (Å²) in [6, 6.07) is 7.43. The van der Waals surface area contributed by atoms with E-state index in [-0.39, 0.29) is 35.8 Å². The van der Waals surface area contributed by atoms with Gasteiger partial charge in [0.05, 0.1) is 5.75 Å². The van der Waals surface area contributed by atoms with Crippen molar-refractivity contribution >= 4 is 40.0 Å². The molecular weight excluding hydrogens is 491 g/mol. The summed E-state index contributed by atoms with van der Waals surface area (Å²) in [4.78, 5) is 4.21. The summed E-state index contributed by atoms with van der Waals surface area (Å²) >= 11 is 0. The van der Waals surface area contributed by atoms with E-state index in [0.717, 1.165) is 43.7 Å². The standard InChI is InChI=1S/C19H34N4O3S.HI/c1-5-26-13-9-8-12-21-19(20-4)22-14-17-10-6-7-11-18(17)15-27(24,25)23-16(2)3;/h6-7,10-11,16,23H,5,8-9,12-15H2,1-4H3,(H2,20,21,22);1H. The molecule has 0 heterocycles. The van der Waals surface area contributed by atoms with Crippen molar-refractivity contribution in [2.45, 2.75) is 52.0 Å². The molecule has 0 saturated heterocycles. The summed E-state index contributed by atoms with van der Waals surface area (Å²) in [5, 5.41) is 6.51. The van der Waals surface area contributed by atoms with Crippen molar-refractivity contribution in [2.75, 3.05) is 26.8 Å². The van der Waals surface area contributed by atoms with Gasteiger partial charge in [0.15, 0.2) is 5.96 Å². The quantitative estimate of drug-likeness (QED) is 0.169. The number of guanidine groups is 1. The van der Waals surface area contributed by atoms with Gasteiger partial charge in [-0.3, -0.25) is 4.99 Å². The fraction of sp³-hybridized carbons (Fsp3) is 0.632. The molecule has 162 valence electrons. The molecule has 0 unspecified atom stereocenters. The van der Waals surface area contributed by atoms with Crippen molar-refractivity contribution < 1.29 is 13.2 Å². The van der Waals surface area contributed by atoms with Gasteiger partial charge in [0.1, 0.15) is 0 Å². The summed E-state index contributed by atoms with van der Waals surface area (Å²) in [5.74, 6) is 0.663. The molecule has 0 aliphatic carbocycles. The van der Waals surface area contributed by atoms with Gasteiger partial charge in [-0.1, -0.05) is 24.3 Å². The van der Waals surface area contributed by atoms with Crippen LogP contribution in [0.4, 0.5) is 0 Å². The van der Waals surface area contributed by atoms with Gasteiger partial charge in [0, 0.05) is 39.4 Å². The maximum absolute atomic E-state index is 12.2. The Morgan fingerprint density at radius 2 is 1.82 bits per heavy atom. The molecule has 28 heavy (non-hydrogen) atoms. The van der Waals surface area contributed by atoms with Crippen LogP contribution < -0.4 is 15.4 Å². The lowest BCUT2D eigenvalue weighted by atomic mass is 10.1. The summed E-state index contributed by atoms with van der Waals surface area (Å²) < 4.78 is 32.4. The lowest BCUT2D eigenvalue weighted by Gasteiger charge is -2.15. The second kappa shape index (κ2) is 15.0. The van der Waals surface area contributed by atoms with Crippen molar-refractivity contribution in [3.05, 3.63) is 35.4 Å². The van der Waals surface area contributed by atoms with Crippen LogP contribution in [0.2, 0.25) is 0 Å². The minimum absolute atomic E-state index is 0. The Hall–Kier alpha value is -0.910. The SMILES string of the molecule is CCOCCCCNC(=NC)NCc1ccccc1CS(=O)(=O)NC(C)C.I. The third-order valence-corrected chi connectivity index (χ3v) is 5.28. The Balaban J connectivity index is 0.00000729. The average Bonchev–Trinajstić information content (AvgIpc) is 2.60. The number of halogens is 1. The highest BCUT2D eigenvalue weighted by Crippen LogP contribution is 2.12. The smallest absolute Gasteiger partial charge is 0.216 e. The number of benzene rings is 1. The van der Waals surface area contributed by atoms with E-state index in [1.807, 2.05) is 45.0 Å². The molecule has 0 fully saturated rings. The van der Waals surface area contributed by atoms with Gasteiger partial charge in [0.25, 0.3) is 0 Å². The fourth-order valence-corrected chi connectivity index (χ4v) is 4.05. The summed E-state index contributed by atoms with van der Waals surface area (Å²) in [7, 11) is -1.64. The molecule has 9 heteroatoms. The van der Waals surface area contributed by atoms with Gasteiger partial charge in [-0.2, -0.15) is 0 Å². The molecule has 0 atom stereocenters. The van der Waals surface area contributed by atoms with E-state index in [4.69, 9.17) is 4.74 Å². The Morgan fingerprint density at radius 1 is 1.14 bits per heavy atom. The lowest BCUT2D eigenvalue weighted by molar-refractivity contribution is 0.143. The van der Waals surface area contributed by atoms with Crippen LogP contribution in [0, 0.1) is 0 Å². The number of ether oxygens (including phenoxy) is 1. The van der Waals surface area contributed by atoms with Gasteiger partial charge in [-0.15, -0.1) is 24.0 Å². The third-order valence-electron chi connectivity index (χ3n) is 3.76. The average molecular weight is 526 g/mol. The maximum Gasteiger partial charge on any atom is 0.216 e. The lowest BCUT2D eigenvalue weighted by Crippen LogP contribution is -2.37. The number of sulfonamides is 1. The first-order chi connectivity index (χ1) is 12.9. The van der Waals surface area contributed by atoms with Gasteiger partial charge < -0.3 is 15.4 Å². The number of unbranched alkanes of at least 4 members (excludes halogenated alkanes) is 1. The predicted octanol–water partition coefficient (Wildman–Crippen LogP) is 2.61. The number of rotatable bonds is 12. The van der Waals surface area contributed by atoms with E-state index in [0.29, 0.717) is 12.5 Å². The Labute approximate surface area is 187 Å². The molecule has 0 spiro atoms. The third kappa shape index (κ3) is 11.8. The van der Waals surface area contributed by atoms with Crippen LogP contribution in [0.15, 0.2) is 29.3 Å². The number of aliphatic imine (C=N–C) groups is 1. The van der Waals surface area contributed by atoms with Crippen molar-refractivity contribution in [2.24, 2.45) is 4.99 Å². The van der Waals surface area contributed by atoms with Gasteiger partial charge in [-0.25, -0.2) is 13.1 Å². The first-order valence-corrected chi connectivity index (χ1v) is 11.1. The molecule has 3 N–H and O–H groups in total. The molecule has 0 bridgehead atoms. The monoisotopic (exact) mass is 526 g/mol. The van der Waals surface area contributed by atoms with Crippen LogP contribution >= 0.6 is 24.0 Å². The maximum atomic E-state index is 12.2. The first kappa shape index (κ1) is 27.1. The Bertz CT molecular complexity index is 682. The molecular formula is C19H35IN4O3S. The molecule has 1 aromatic rings. The van der Waals surface area contributed by atoms with Crippen LogP contribution in [0.1, 0.15) is 44.7 Å². The molecule has 1 aromatic carbocycles. The zero-order valence-electron chi connectivity index (χ0n) is 17.3. The molecule has 0 aliphatic rings. The topological polar surface area (TPSA) is 91.8 Å². The van der Waals surface area contributed by atoms with Gasteiger partial charge in [-0.05, 0) is 44.7 Å². The van der Waals surface area contributed by atoms with Crippen LogP contribution in [0.25, 0.3) is 0 Å². The molecule has 0 amide bonds. The number of nitrogens with zero attached hydrogens (tertiary/aromatic N) is 1. The Kier molecular flexibility index (Phi) is 14.5. The molecule has 0 aromatic heterocycles. The van der Waals surface area contributed by atoms with E-state index < -0.39 is 10.0 Å². The molecule has 1 rings (SSSR count). The van der Waals surface area contributed by atoms with Crippen LogP contribution in [0.5, 0.6) is 0 Å². The van der Waals surface area contributed by atoms with Crippen molar-refractivity contribution in [3.8, 4) is 0 Å². The van der Waals surface area contributed by atoms with Crippen LogP contribution in [-0.2, 0) is 27.1 Å². The highest BCUT2D eigenvalue weighted by atomic mass is 127. The zero-order valence-corrected chi connectivity index (χ0v) is 20.5. The summed E-state index contributed by atoms with van der Waals surface area (Å²) in [5.41, 5.74) is 1.72. The highest BCUT2D eigenvalue weighted by molar-refractivity contribution is 14.0.